The number of rotatable bonds is 4. The number of nitrogens with one attached hydrogen (secondary N) is 1. The number of carbonyl (C=O) groups is 2. The maximum absolute atomic E-state index is 12.8. The SMILES string of the molecule is O=C(NCc1ccncc1)[C@H]1CCCN1C(=O)c1cc(Cl)ccc1Cl. The van der Waals surface area contributed by atoms with Crippen molar-refractivity contribution in [1.29, 1.82) is 0 Å². The smallest absolute Gasteiger partial charge is 0.256 e. The van der Waals surface area contributed by atoms with Crippen molar-refractivity contribution in [3.05, 3.63) is 63.9 Å². The van der Waals surface area contributed by atoms with Crippen LogP contribution in [0.5, 0.6) is 0 Å². The molecule has 0 unspecified atom stereocenters. The maximum atomic E-state index is 12.8. The molecule has 7 heteroatoms. The summed E-state index contributed by atoms with van der Waals surface area (Å²) in [7, 11) is 0. The van der Waals surface area contributed by atoms with Crippen LogP contribution in [0, 0.1) is 0 Å². The largest absolute Gasteiger partial charge is 0.350 e. The molecule has 1 aliphatic rings. The summed E-state index contributed by atoms with van der Waals surface area (Å²) < 4.78 is 0. The molecule has 0 aliphatic carbocycles. The third kappa shape index (κ3) is 4.11. The highest BCUT2D eigenvalue weighted by Crippen LogP contribution is 2.26. The molecule has 2 heterocycles. The minimum atomic E-state index is -0.496. The van der Waals surface area contributed by atoms with Crippen LogP contribution in [0.1, 0.15) is 28.8 Å². The monoisotopic (exact) mass is 377 g/mol. The Morgan fingerprint density at radius 3 is 2.72 bits per heavy atom. The Balaban J connectivity index is 1.70. The van der Waals surface area contributed by atoms with Gasteiger partial charge in [0.2, 0.25) is 5.91 Å². The molecule has 1 aliphatic heterocycles. The van der Waals surface area contributed by atoms with Crippen molar-refractivity contribution in [3.63, 3.8) is 0 Å². The van der Waals surface area contributed by atoms with Crippen LogP contribution in [0.15, 0.2) is 42.7 Å². The molecule has 1 atom stereocenters. The van der Waals surface area contributed by atoms with Gasteiger partial charge in [-0.05, 0) is 48.7 Å². The van der Waals surface area contributed by atoms with E-state index in [1.807, 2.05) is 12.1 Å². The van der Waals surface area contributed by atoms with E-state index in [0.29, 0.717) is 35.1 Å². The zero-order valence-corrected chi connectivity index (χ0v) is 14.9. The minimum absolute atomic E-state index is 0.166. The Morgan fingerprint density at radius 2 is 1.96 bits per heavy atom. The topological polar surface area (TPSA) is 62.3 Å². The Hall–Kier alpha value is -2.11. The van der Waals surface area contributed by atoms with Crippen molar-refractivity contribution in [2.45, 2.75) is 25.4 Å². The first kappa shape index (κ1) is 17.7. The number of likely N-dealkylation sites (tertiary alicyclic amines) is 1. The molecule has 0 radical (unpaired) electrons. The van der Waals surface area contributed by atoms with Crippen molar-refractivity contribution in [2.24, 2.45) is 0 Å². The average Bonchev–Trinajstić information content (AvgIpc) is 3.12. The summed E-state index contributed by atoms with van der Waals surface area (Å²) in [5.74, 6) is -0.435. The molecule has 25 heavy (non-hydrogen) atoms. The fourth-order valence-electron chi connectivity index (χ4n) is 2.91. The van der Waals surface area contributed by atoms with E-state index in [0.717, 1.165) is 12.0 Å². The third-order valence-electron chi connectivity index (χ3n) is 4.19. The Bertz CT molecular complexity index is 783. The van der Waals surface area contributed by atoms with E-state index in [2.05, 4.69) is 10.3 Å². The van der Waals surface area contributed by atoms with Gasteiger partial charge in [-0.25, -0.2) is 0 Å². The number of hydrogen-bond acceptors (Lipinski definition) is 3. The fraction of sp³-hybridized carbons (Fsp3) is 0.278. The van der Waals surface area contributed by atoms with E-state index in [9.17, 15) is 9.59 Å². The van der Waals surface area contributed by atoms with Crippen LogP contribution < -0.4 is 5.32 Å². The quantitative estimate of drug-likeness (QED) is 0.888. The molecule has 0 saturated carbocycles. The fourth-order valence-corrected chi connectivity index (χ4v) is 3.28. The molecule has 1 fully saturated rings. The van der Waals surface area contributed by atoms with E-state index in [1.165, 1.54) is 6.07 Å². The summed E-state index contributed by atoms with van der Waals surface area (Å²) >= 11 is 12.1. The summed E-state index contributed by atoms with van der Waals surface area (Å²) in [4.78, 5) is 30.9. The number of amides is 2. The van der Waals surface area contributed by atoms with Gasteiger partial charge in [-0.2, -0.15) is 0 Å². The lowest BCUT2D eigenvalue weighted by molar-refractivity contribution is -0.125. The van der Waals surface area contributed by atoms with Gasteiger partial charge in [0.25, 0.3) is 5.91 Å². The van der Waals surface area contributed by atoms with Crippen LogP contribution in [0.4, 0.5) is 0 Å². The van der Waals surface area contributed by atoms with Crippen molar-refractivity contribution >= 4 is 35.0 Å². The lowest BCUT2D eigenvalue weighted by Crippen LogP contribution is -2.45. The van der Waals surface area contributed by atoms with Gasteiger partial charge in [0.15, 0.2) is 0 Å². The van der Waals surface area contributed by atoms with Gasteiger partial charge in [0.1, 0.15) is 6.04 Å². The van der Waals surface area contributed by atoms with Gasteiger partial charge in [0.05, 0.1) is 10.6 Å². The van der Waals surface area contributed by atoms with Crippen LogP contribution in [-0.2, 0) is 11.3 Å². The summed E-state index contributed by atoms with van der Waals surface area (Å²) in [5.41, 5.74) is 1.28. The van der Waals surface area contributed by atoms with Crippen LogP contribution in [0.3, 0.4) is 0 Å². The molecule has 1 aromatic carbocycles. The second-order valence-corrected chi connectivity index (χ2v) is 6.70. The van der Waals surface area contributed by atoms with Crippen molar-refractivity contribution in [2.75, 3.05) is 6.54 Å². The van der Waals surface area contributed by atoms with Crippen molar-refractivity contribution in [3.8, 4) is 0 Å². The van der Waals surface area contributed by atoms with Crippen LogP contribution in [0.25, 0.3) is 0 Å². The standard InChI is InChI=1S/C18H17Cl2N3O2/c19-13-3-4-15(20)14(10-13)18(25)23-9-1-2-16(23)17(24)22-11-12-5-7-21-8-6-12/h3-8,10,16H,1-2,9,11H2,(H,22,24)/t16-/m1/s1. The maximum Gasteiger partial charge on any atom is 0.256 e. The number of aromatic nitrogens is 1. The van der Waals surface area contributed by atoms with Gasteiger partial charge in [-0.3, -0.25) is 14.6 Å². The highest BCUT2D eigenvalue weighted by Gasteiger charge is 2.35. The summed E-state index contributed by atoms with van der Waals surface area (Å²) in [5, 5.41) is 3.65. The van der Waals surface area contributed by atoms with Gasteiger partial charge in [0, 0.05) is 30.5 Å². The molecular formula is C18H17Cl2N3O2. The molecule has 130 valence electrons. The number of nitrogens with zero attached hydrogens (tertiary/aromatic N) is 2. The minimum Gasteiger partial charge on any atom is -0.350 e. The van der Waals surface area contributed by atoms with Gasteiger partial charge in [-0.15, -0.1) is 0 Å². The normalized spacial score (nSPS) is 16.7. The van der Waals surface area contributed by atoms with Gasteiger partial charge >= 0.3 is 0 Å². The summed E-state index contributed by atoms with van der Waals surface area (Å²) in [6.45, 7) is 0.923. The lowest BCUT2D eigenvalue weighted by atomic mass is 10.1. The summed E-state index contributed by atoms with van der Waals surface area (Å²) in [6.07, 6.45) is 4.76. The molecule has 0 bridgehead atoms. The van der Waals surface area contributed by atoms with E-state index < -0.39 is 6.04 Å². The number of hydrogen-bond donors (Lipinski definition) is 1. The molecule has 1 aromatic heterocycles. The molecule has 1 N–H and O–H groups in total. The molecule has 2 aromatic rings. The Labute approximate surface area is 155 Å². The van der Waals surface area contributed by atoms with Crippen LogP contribution in [0.2, 0.25) is 10.0 Å². The van der Waals surface area contributed by atoms with E-state index in [1.54, 1.807) is 29.4 Å². The van der Waals surface area contributed by atoms with Crippen LogP contribution in [-0.4, -0.2) is 34.3 Å². The molecule has 0 spiro atoms. The Morgan fingerprint density at radius 1 is 1.20 bits per heavy atom. The highest BCUT2D eigenvalue weighted by atomic mass is 35.5. The molecule has 1 saturated heterocycles. The third-order valence-corrected chi connectivity index (χ3v) is 4.76. The van der Waals surface area contributed by atoms with Crippen molar-refractivity contribution < 1.29 is 9.59 Å². The molecular weight excluding hydrogens is 361 g/mol. The second-order valence-electron chi connectivity index (χ2n) is 5.85. The molecule has 2 amide bonds. The zero-order chi connectivity index (χ0) is 17.8. The predicted octanol–water partition coefficient (Wildman–Crippen LogP) is 3.31. The van der Waals surface area contributed by atoms with Crippen LogP contribution >= 0.6 is 23.2 Å². The summed E-state index contributed by atoms with van der Waals surface area (Å²) in [6, 6.07) is 7.93. The first-order valence-electron chi connectivity index (χ1n) is 7.99. The zero-order valence-electron chi connectivity index (χ0n) is 13.4. The van der Waals surface area contributed by atoms with E-state index in [-0.39, 0.29) is 11.8 Å². The lowest BCUT2D eigenvalue weighted by Gasteiger charge is -2.24. The number of halogens is 2. The first-order chi connectivity index (χ1) is 12.1. The van der Waals surface area contributed by atoms with Crippen molar-refractivity contribution in [1.82, 2.24) is 15.2 Å². The van der Waals surface area contributed by atoms with E-state index in [4.69, 9.17) is 23.2 Å². The first-order valence-corrected chi connectivity index (χ1v) is 8.74. The number of pyridine rings is 1. The van der Waals surface area contributed by atoms with Gasteiger partial charge < -0.3 is 10.2 Å². The van der Waals surface area contributed by atoms with Gasteiger partial charge in [-0.1, -0.05) is 23.2 Å². The Kier molecular flexibility index (Phi) is 5.56. The van der Waals surface area contributed by atoms with E-state index >= 15 is 0 Å². The second kappa shape index (κ2) is 7.85. The average molecular weight is 378 g/mol. The molecule has 3 rings (SSSR count). The number of benzene rings is 1. The number of carbonyl (C=O) groups excluding carboxylic acids is 2. The predicted molar refractivity (Wildman–Crippen MR) is 96.6 cm³/mol. The molecule has 5 nitrogen and oxygen atoms in total. The highest BCUT2D eigenvalue weighted by molar-refractivity contribution is 6.35.